The van der Waals surface area contributed by atoms with Gasteiger partial charge in [-0.15, -0.1) is 11.3 Å². The number of nitrogens with two attached hydrogens (primary N) is 1. The highest BCUT2D eigenvalue weighted by molar-refractivity contribution is 7.14. The van der Waals surface area contributed by atoms with Crippen molar-refractivity contribution in [2.45, 2.75) is 96.9 Å². The minimum absolute atomic E-state index is 0.115. The van der Waals surface area contributed by atoms with E-state index in [4.69, 9.17) is 10.5 Å². The maximum Gasteiger partial charge on any atom is 0.326 e. The number of primary amides is 1. The third-order valence-electron chi connectivity index (χ3n) is 8.77. The second kappa shape index (κ2) is 19.1. The van der Waals surface area contributed by atoms with Gasteiger partial charge in [0.05, 0.1) is 11.5 Å². The van der Waals surface area contributed by atoms with Crippen molar-refractivity contribution >= 4 is 34.9 Å². The van der Waals surface area contributed by atoms with Crippen LogP contribution in [0, 0.1) is 5.92 Å². The second-order valence-corrected chi connectivity index (χ2v) is 15.2. The first-order valence-corrected chi connectivity index (χ1v) is 18.7. The Morgan fingerprint density at radius 2 is 1.52 bits per heavy atom. The number of amides is 2. The molecule has 0 aliphatic carbocycles. The summed E-state index contributed by atoms with van der Waals surface area (Å²) < 4.78 is 5.89. The Morgan fingerprint density at radius 3 is 2.12 bits per heavy atom. The summed E-state index contributed by atoms with van der Waals surface area (Å²) in [5.74, 6) is -2.20. The lowest BCUT2D eigenvalue weighted by Gasteiger charge is -2.20. The van der Waals surface area contributed by atoms with Crippen molar-refractivity contribution < 1.29 is 29.0 Å². The van der Waals surface area contributed by atoms with E-state index in [1.54, 1.807) is 18.5 Å². The number of carboxylic acids is 1. The fraction of sp³-hybridized carbons (Fsp3) is 0.415. The quantitative estimate of drug-likeness (QED) is 0.0614. The van der Waals surface area contributed by atoms with Crippen LogP contribution in [0.4, 0.5) is 0 Å². The van der Waals surface area contributed by atoms with E-state index in [9.17, 15) is 24.3 Å². The average Bonchev–Trinajstić information content (AvgIpc) is 3.64. The predicted molar refractivity (Wildman–Crippen MR) is 204 cm³/mol. The lowest BCUT2D eigenvalue weighted by atomic mass is 9.92. The van der Waals surface area contributed by atoms with Crippen molar-refractivity contribution in [3.05, 3.63) is 88.4 Å². The summed E-state index contributed by atoms with van der Waals surface area (Å²) in [5.41, 5.74) is 8.50. The van der Waals surface area contributed by atoms with Gasteiger partial charge in [0.25, 0.3) is 0 Å². The molecule has 2 heterocycles. The van der Waals surface area contributed by atoms with Gasteiger partial charge in [-0.25, -0.2) is 14.8 Å². The number of carbonyl (C=O) groups is 4. The Labute approximate surface area is 310 Å². The molecule has 0 radical (unpaired) electrons. The van der Waals surface area contributed by atoms with Crippen LogP contribution in [-0.2, 0) is 26.2 Å². The van der Waals surface area contributed by atoms with E-state index in [2.05, 4.69) is 43.0 Å². The smallest absolute Gasteiger partial charge is 0.326 e. The summed E-state index contributed by atoms with van der Waals surface area (Å²) >= 11 is 1.40. The highest BCUT2D eigenvalue weighted by Gasteiger charge is 2.29. The van der Waals surface area contributed by atoms with E-state index in [1.807, 2.05) is 54.6 Å². The summed E-state index contributed by atoms with van der Waals surface area (Å²) in [6.45, 7) is 9.12. The minimum atomic E-state index is -1.31. The van der Waals surface area contributed by atoms with E-state index in [1.165, 1.54) is 37.0 Å². The number of rotatable bonds is 20. The lowest BCUT2D eigenvalue weighted by molar-refractivity contribution is -0.142. The molecular formula is C41H50N4O6S. The molecule has 0 bridgehead atoms. The highest BCUT2D eigenvalue weighted by Crippen LogP contribution is 2.31. The van der Waals surface area contributed by atoms with Crippen LogP contribution in [0.5, 0.6) is 5.75 Å². The molecule has 0 saturated carbocycles. The minimum Gasteiger partial charge on any atom is -0.494 e. The molecule has 2 aromatic heterocycles. The molecule has 4 rings (SSSR count). The molecule has 276 valence electrons. The molecule has 52 heavy (non-hydrogen) atoms. The Bertz CT molecular complexity index is 1780. The van der Waals surface area contributed by atoms with Crippen LogP contribution in [0.1, 0.15) is 99.2 Å². The van der Waals surface area contributed by atoms with Crippen molar-refractivity contribution in [2.75, 3.05) is 6.61 Å². The number of ketones is 1. The second-order valence-electron chi connectivity index (χ2n) is 14.1. The molecule has 4 N–H and O–H groups in total. The first kappa shape index (κ1) is 39.9. The number of ether oxygens (including phenoxy) is 1. The van der Waals surface area contributed by atoms with Gasteiger partial charge in [-0.3, -0.25) is 14.4 Å². The standard InChI is InChI=1S/C41H50N4O6S/c1-5-6-7-8-9-22-51-32-16-14-28(15-17-32)31-25-43-38(44-26-31)29-12-10-27(11-13-29)23-30(39(48)45-33(40(49)50)18-21-37(42)47)24-34(46)35-19-20-36(52-35)41(2,3)4/h10-17,19-20,25-26,30,33H,5-9,18,21-24H2,1-4H3,(H2,42,47)(H,45,48)(H,49,50)/t30-,33-/m1/s1. The van der Waals surface area contributed by atoms with Crippen LogP contribution in [0.3, 0.4) is 0 Å². The first-order chi connectivity index (χ1) is 24.8. The summed E-state index contributed by atoms with van der Waals surface area (Å²) in [5, 5.41) is 12.2. The maximum atomic E-state index is 13.5. The van der Waals surface area contributed by atoms with E-state index >= 15 is 0 Å². The fourth-order valence-electron chi connectivity index (χ4n) is 5.65. The lowest BCUT2D eigenvalue weighted by Crippen LogP contribution is -2.45. The molecule has 0 aliphatic heterocycles. The van der Waals surface area contributed by atoms with Crippen molar-refractivity contribution in [1.82, 2.24) is 15.3 Å². The number of nitrogens with zero attached hydrogens (tertiary/aromatic N) is 2. The summed E-state index contributed by atoms with van der Waals surface area (Å²) in [6.07, 6.45) is 9.25. The maximum absolute atomic E-state index is 13.5. The van der Waals surface area contributed by atoms with E-state index in [0.717, 1.165) is 39.3 Å². The summed E-state index contributed by atoms with van der Waals surface area (Å²) in [7, 11) is 0. The molecule has 0 aliphatic rings. The number of aliphatic carboxylic acids is 1. The van der Waals surface area contributed by atoms with Crippen molar-refractivity contribution in [1.29, 1.82) is 0 Å². The fourth-order valence-corrected chi connectivity index (χ4v) is 6.66. The van der Waals surface area contributed by atoms with Gasteiger partial charge in [0, 0.05) is 47.2 Å². The number of carboxylic acid groups (broad SMARTS) is 1. The van der Waals surface area contributed by atoms with Crippen LogP contribution in [0.2, 0.25) is 0 Å². The average molecular weight is 727 g/mol. The predicted octanol–water partition coefficient (Wildman–Crippen LogP) is 7.79. The van der Waals surface area contributed by atoms with Gasteiger partial charge in [0.15, 0.2) is 11.6 Å². The molecule has 0 fully saturated rings. The van der Waals surface area contributed by atoms with E-state index in [0.29, 0.717) is 17.3 Å². The number of hydrogen-bond donors (Lipinski definition) is 3. The third kappa shape index (κ3) is 12.1. The normalized spacial score (nSPS) is 12.5. The van der Waals surface area contributed by atoms with Crippen LogP contribution in [0.15, 0.2) is 73.1 Å². The van der Waals surface area contributed by atoms with Crippen molar-refractivity contribution in [3.63, 3.8) is 0 Å². The number of Topliss-reactive ketones (excluding diaryl/α,β-unsaturated/α-hetero) is 1. The largest absolute Gasteiger partial charge is 0.494 e. The third-order valence-corrected chi connectivity index (χ3v) is 10.3. The van der Waals surface area contributed by atoms with Crippen LogP contribution in [-0.4, -0.2) is 51.3 Å². The Hall–Kier alpha value is -4.90. The van der Waals surface area contributed by atoms with Crippen molar-refractivity contribution in [3.8, 4) is 28.3 Å². The number of thiophene rings is 1. The molecule has 11 heteroatoms. The van der Waals surface area contributed by atoms with Gasteiger partial charge in [-0.1, -0.05) is 89.8 Å². The Morgan fingerprint density at radius 1 is 0.865 bits per heavy atom. The molecule has 4 aromatic rings. The van der Waals surface area contributed by atoms with Crippen molar-refractivity contribution in [2.24, 2.45) is 11.7 Å². The zero-order valence-corrected chi connectivity index (χ0v) is 31.3. The highest BCUT2D eigenvalue weighted by atomic mass is 32.1. The number of unbranched alkanes of at least 4 members (excludes halogenated alkanes) is 4. The zero-order valence-electron chi connectivity index (χ0n) is 30.5. The van der Waals surface area contributed by atoms with E-state index in [-0.39, 0.29) is 36.9 Å². The molecular weight excluding hydrogens is 677 g/mol. The van der Waals surface area contributed by atoms with Gasteiger partial charge >= 0.3 is 5.97 Å². The van der Waals surface area contributed by atoms with Gasteiger partial charge in [-0.2, -0.15) is 0 Å². The summed E-state index contributed by atoms with van der Waals surface area (Å²) in [4.78, 5) is 60.9. The van der Waals surface area contributed by atoms with Gasteiger partial charge in [0.2, 0.25) is 11.8 Å². The van der Waals surface area contributed by atoms with Crippen LogP contribution < -0.4 is 15.8 Å². The summed E-state index contributed by atoms with van der Waals surface area (Å²) in [6, 6.07) is 17.7. The van der Waals surface area contributed by atoms with Gasteiger partial charge in [0.1, 0.15) is 11.8 Å². The molecule has 0 unspecified atom stereocenters. The van der Waals surface area contributed by atoms with Gasteiger partial charge < -0.3 is 20.9 Å². The van der Waals surface area contributed by atoms with Crippen LogP contribution in [0.25, 0.3) is 22.5 Å². The molecule has 2 amide bonds. The molecule has 0 saturated heterocycles. The Balaban J connectivity index is 1.43. The number of benzene rings is 2. The number of aromatic nitrogens is 2. The molecule has 0 spiro atoms. The monoisotopic (exact) mass is 726 g/mol. The molecule has 10 nitrogen and oxygen atoms in total. The SMILES string of the molecule is CCCCCCCOc1ccc(-c2cnc(-c3ccc(C[C@H](CC(=O)c4ccc(C(C)(C)C)s4)C(=O)N[C@H](CCC(N)=O)C(=O)O)cc3)nc2)cc1. The zero-order chi connectivity index (χ0) is 37.7. The number of hydrogen-bond acceptors (Lipinski definition) is 8. The molecule has 2 aromatic carbocycles. The Kier molecular flexibility index (Phi) is 14.6. The molecule has 2 atom stereocenters. The number of carbonyl (C=O) groups excluding carboxylic acids is 3. The number of nitrogens with one attached hydrogen (secondary N) is 1. The van der Waals surface area contributed by atoms with Gasteiger partial charge in [-0.05, 0) is 60.1 Å². The topological polar surface area (TPSA) is 162 Å². The van der Waals surface area contributed by atoms with Crippen LogP contribution >= 0.6 is 11.3 Å². The van der Waals surface area contributed by atoms with E-state index < -0.39 is 29.7 Å². The first-order valence-electron chi connectivity index (χ1n) is 17.9.